The molecule has 0 fully saturated rings. The number of anilines is 1. The molecule has 164 valence electrons. The van der Waals surface area contributed by atoms with Gasteiger partial charge in [-0.1, -0.05) is 44.2 Å². The first kappa shape index (κ1) is 23.7. The number of nitrogen functional groups attached to an aromatic ring is 1. The Morgan fingerprint density at radius 1 is 1.10 bits per heavy atom. The number of nitrogens with zero attached hydrogens (tertiary/aromatic N) is 1. The van der Waals surface area contributed by atoms with E-state index in [0.717, 1.165) is 5.56 Å². The highest BCUT2D eigenvalue weighted by atomic mass is 32.2. The molecular formula is C21H29N3O5S. The second-order valence-electron chi connectivity index (χ2n) is 7.55. The van der Waals surface area contributed by atoms with Crippen molar-refractivity contribution in [3.63, 3.8) is 0 Å². The van der Waals surface area contributed by atoms with E-state index >= 15 is 0 Å². The number of nitrogens with one attached hydrogen (secondary N) is 1. The van der Waals surface area contributed by atoms with Crippen molar-refractivity contribution in [3.8, 4) is 0 Å². The van der Waals surface area contributed by atoms with Crippen LogP contribution in [0.3, 0.4) is 0 Å². The van der Waals surface area contributed by atoms with Crippen LogP contribution >= 0.6 is 0 Å². The van der Waals surface area contributed by atoms with Crippen molar-refractivity contribution >= 4 is 21.8 Å². The maximum atomic E-state index is 13.5. The van der Waals surface area contributed by atoms with E-state index in [9.17, 15) is 18.3 Å². The molecule has 0 heterocycles. The second kappa shape index (κ2) is 10.4. The summed E-state index contributed by atoms with van der Waals surface area (Å²) in [5.41, 5.74) is 6.96. The van der Waals surface area contributed by atoms with Crippen molar-refractivity contribution < 1.29 is 23.4 Å². The van der Waals surface area contributed by atoms with E-state index in [-0.39, 0.29) is 30.3 Å². The SMILES string of the molecule is CC(C)CN([C@H](Cc1ccccc1)[C@H](O)CNC(=O)O)S(=O)(=O)c1ccc(N)cc1. The Bertz CT molecular complexity index is 917. The molecule has 0 saturated carbocycles. The molecule has 0 aliphatic rings. The first-order chi connectivity index (χ1) is 14.1. The minimum atomic E-state index is -3.97. The number of aliphatic hydroxyl groups is 1. The predicted octanol–water partition coefficient (Wildman–Crippen LogP) is 2.16. The van der Waals surface area contributed by atoms with Crippen molar-refractivity contribution in [1.29, 1.82) is 0 Å². The largest absolute Gasteiger partial charge is 0.465 e. The zero-order valence-electron chi connectivity index (χ0n) is 17.1. The summed E-state index contributed by atoms with van der Waals surface area (Å²) in [5.74, 6) is -0.0218. The molecule has 5 N–H and O–H groups in total. The molecule has 0 aliphatic carbocycles. The lowest BCUT2D eigenvalue weighted by atomic mass is 10.0. The fourth-order valence-electron chi connectivity index (χ4n) is 3.16. The van der Waals surface area contributed by atoms with E-state index < -0.39 is 28.3 Å². The van der Waals surface area contributed by atoms with Gasteiger partial charge in [-0.3, -0.25) is 0 Å². The fourth-order valence-corrected chi connectivity index (χ4v) is 4.98. The van der Waals surface area contributed by atoms with Gasteiger partial charge in [-0.15, -0.1) is 0 Å². The standard InChI is InChI=1S/C21H29N3O5S/c1-15(2)14-24(30(28,29)18-10-8-17(22)9-11-18)19(20(25)13-23-21(26)27)12-16-6-4-3-5-7-16/h3-11,15,19-20,23,25H,12-14,22H2,1-2H3,(H,26,27)/t19-,20-/m1/s1. The third kappa shape index (κ3) is 6.45. The molecule has 0 spiro atoms. The van der Waals surface area contributed by atoms with Gasteiger partial charge in [0.05, 0.1) is 17.0 Å². The summed E-state index contributed by atoms with van der Waals surface area (Å²) in [6.07, 6.45) is -2.31. The van der Waals surface area contributed by atoms with Crippen LogP contribution in [0.5, 0.6) is 0 Å². The topological polar surface area (TPSA) is 133 Å². The molecule has 0 radical (unpaired) electrons. The van der Waals surface area contributed by atoms with Gasteiger partial charge in [0.1, 0.15) is 0 Å². The zero-order valence-corrected chi connectivity index (χ0v) is 17.9. The number of hydrogen-bond donors (Lipinski definition) is 4. The molecule has 8 nitrogen and oxygen atoms in total. The number of carbonyl (C=O) groups is 1. The lowest BCUT2D eigenvalue weighted by molar-refractivity contribution is 0.0830. The van der Waals surface area contributed by atoms with Crippen molar-refractivity contribution in [2.24, 2.45) is 5.92 Å². The number of amides is 1. The molecule has 2 rings (SSSR count). The monoisotopic (exact) mass is 435 g/mol. The Labute approximate surface area is 177 Å². The summed E-state index contributed by atoms with van der Waals surface area (Å²) in [4.78, 5) is 11.0. The summed E-state index contributed by atoms with van der Waals surface area (Å²) >= 11 is 0. The Kier molecular flexibility index (Phi) is 8.22. The van der Waals surface area contributed by atoms with Gasteiger partial charge in [0.2, 0.25) is 10.0 Å². The fraction of sp³-hybridized carbons (Fsp3) is 0.381. The number of carboxylic acid groups (broad SMARTS) is 1. The second-order valence-corrected chi connectivity index (χ2v) is 9.44. The summed E-state index contributed by atoms with van der Waals surface area (Å²) in [6, 6.07) is 14.2. The first-order valence-electron chi connectivity index (χ1n) is 9.67. The number of benzene rings is 2. The van der Waals surface area contributed by atoms with E-state index in [1.165, 1.54) is 28.6 Å². The highest BCUT2D eigenvalue weighted by molar-refractivity contribution is 7.89. The lowest BCUT2D eigenvalue weighted by Gasteiger charge is -2.35. The number of rotatable bonds is 10. The molecule has 9 heteroatoms. The molecule has 2 aromatic carbocycles. The maximum Gasteiger partial charge on any atom is 0.404 e. The van der Waals surface area contributed by atoms with Crippen LogP contribution < -0.4 is 11.1 Å². The van der Waals surface area contributed by atoms with Gasteiger partial charge in [0.25, 0.3) is 0 Å². The Hall–Kier alpha value is -2.62. The van der Waals surface area contributed by atoms with E-state index in [4.69, 9.17) is 10.8 Å². The van der Waals surface area contributed by atoms with E-state index in [1.54, 1.807) is 0 Å². The first-order valence-corrected chi connectivity index (χ1v) is 11.1. The molecule has 30 heavy (non-hydrogen) atoms. The van der Waals surface area contributed by atoms with Gasteiger partial charge in [-0.25, -0.2) is 13.2 Å². The van der Waals surface area contributed by atoms with Crippen LogP contribution in [0.1, 0.15) is 19.4 Å². The minimum absolute atomic E-state index is 0.0218. The highest BCUT2D eigenvalue weighted by Crippen LogP contribution is 2.24. The number of hydrogen-bond acceptors (Lipinski definition) is 5. The molecule has 2 aromatic rings. The molecule has 0 bridgehead atoms. The van der Waals surface area contributed by atoms with Crippen LogP contribution in [-0.2, 0) is 16.4 Å². The highest BCUT2D eigenvalue weighted by Gasteiger charge is 2.36. The molecule has 0 aliphatic heterocycles. The molecule has 0 unspecified atom stereocenters. The third-order valence-electron chi connectivity index (χ3n) is 4.60. The summed E-state index contributed by atoms with van der Waals surface area (Å²) in [7, 11) is -3.97. The summed E-state index contributed by atoms with van der Waals surface area (Å²) in [6.45, 7) is 3.63. The van der Waals surface area contributed by atoms with Crippen LogP contribution in [0.2, 0.25) is 0 Å². The predicted molar refractivity (Wildman–Crippen MR) is 116 cm³/mol. The third-order valence-corrected chi connectivity index (χ3v) is 6.50. The molecular weight excluding hydrogens is 406 g/mol. The van der Waals surface area contributed by atoms with Gasteiger partial charge >= 0.3 is 6.09 Å². The van der Waals surface area contributed by atoms with E-state index in [2.05, 4.69) is 5.32 Å². The maximum absolute atomic E-state index is 13.5. The van der Waals surface area contributed by atoms with Crippen LogP contribution in [0.25, 0.3) is 0 Å². The van der Waals surface area contributed by atoms with Crippen molar-refractivity contribution in [2.75, 3.05) is 18.8 Å². The molecule has 0 aromatic heterocycles. The Morgan fingerprint density at radius 2 is 1.70 bits per heavy atom. The van der Waals surface area contributed by atoms with Gasteiger partial charge in [0, 0.05) is 18.8 Å². The molecule has 0 saturated heterocycles. The van der Waals surface area contributed by atoms with E-state index in [1.807, 2.05) is 44.2 Å². The van der Waals surface area contributed by atoms with E-state index in [0.29, 0.717) is 5.69 Å². The van der Waals surface area contributed by atoms with Crippen LogP contribution in [0, 0.1) is 5.92 Å². The van der Waals surface area contributed by atoms with Gasteiger partial charge in [-0.2, -0.15) is 4.31 Å². The van der Waals surface area contributed by atoms with Crippen LogP contribution in [-0.4, -0.2) is 54.3 Å². The van der Waals surface area contributed by atoms with Gasteiger partial charge in [0.15, 0.2) is 0 Å². The quantitative estimate of drug-likeness (QED) is 0.423. The summed E-state index contributed by atoms with van der Waals surface area (Å²) < 4.78 is 28.2. The molecule has 2 atom stereocenters. The number of nitrogens with two attached hydrogens (primary N) is 1. The Balaban J connectivity index is 2.48. The number of aliphatic hydroxyl groups excluding tert-OH is 1. The van der Waals surface area contributed by atoms with Crippen molar-refractivity contribution in [1.82, 2.24) is 9.62 Å². The van der Waals surface area contributed by atoms with Gasteiger partial charge in [-0.05, 0) is 42.2 Å². The molecule has 1 amide bonds. The number of sulfonamides is 1. The summed E-state index contributed by atoms with van der Waals surface area (Å²) in [5, 5.41) is 21.9. The van der Waals surface area contributed by atoms with Gasteiger partial charge < -0.3 is 21.3 Å². The Morgan fingerprint density at radius 3 is 2.23 bits per heavy atom. The van der Waals surface area contributed by atoms with Crippen molar-refractivity contribution in [2.45, 2.75) is 37.3 Å². The normalized spacial score (nSPS) is 13.9. The zero-order chi connectivity index (χ0) is 22.3. The minimum Gasteiger partial charge on any atom is -0.465 e. The smallest absolute Gasteiger partial charge is 0.404 e. The van der Waals surface area contributed by atoms with Crippen LogP contribution in [0.4, 0.5) is 10.5 Å². The van der Waals surface area contributed by atoms with Crippen LogP contribution in [0.15, 0.2) is 59.5 Å². The average Bonchev–Trinajstić information content (AvgIpc) is 2.69. The lowest BCUT2D eigenvalue weighted by Crippen LogP contribution is -2.52. The van der Waals surface area contributed by atoms with Crippen molar-refractivity contribution in [3.05, 3.63) is 60.2 Å². The average molecular weight is 436 g/mol.